The van der Waals surface area contributed by atoms with Crippen LogP contribution in [0, 0.1) is 0 Å². The van der Waals surface area contributed by atoms with E-state index in [0.717, 1.165) is 10.6 Å². The molecule has 8 nitrogen and oxygen atoms in total. The molecule has 9 rings (SSSR count). The van der Waals surface area contributed by atoms with E-state index in [-0.39, 0.29) is 10.8 Å². The van der Waals surface area contributed by atoms with Crippen molar-refractivity contribution in [1.29, 1.82) is 0 Å². The van der Waals surface area contributed by atoms with Crippen molar-refractivity contribution in [3.63, 3.8) is 0 Å². The maximum Gasteiger partial charge on any atom is 0.542 e. The fourth-order valence-electron chi connectivity index (χ4n) is 9.01. The highest BCUT2D eigenvalue weighted by Gasteiger charge is 2.74. The van der Waals surface area contributed by atoms with Gasteiger partial charge in [-0.05, 0) is 91.0 Å². The lowest BCUT2D eigenvalue weighted by Gasteiger charge is -2.41. The molecule has 0 saturated carbocycles. The van der Waals surface area contributed by atoms with Crippen LogP contribution in [0.4, 0.5) is 0 Å². The molecule has 342 valence electrons. The van der Waals surface area contributed by atoms with Gasteiger partial charge in [-0.3, -0.25) is 9.47 Å². The molecule has 2 aliphatic rings. The third-order valence-electron chi connectivity index (χ3n) is 13.1. The largest absolute Gasteiger partial charge is 0.588 e. The zero-order chi connectivity index (χ0) is 47.1. The maximum atomic E-state index is 15.1. The summed E-state index contributed by atoms with van der Waals surface area (Å²) < 4.78 is 58.9. The Labute approximate surface area is 397 Å². The molecule has 0 bridgehead atoms. The standard InChI is InChI=1S/C56H56O8P2Si/c1-52(2,3)67(6,7)62-45-38-39-48(49(40-45)65(46-34-22-12-23-35-46)47-36-24-13-25-37-47)59-56(66(57)58)63-54(41-26-14-8-15-27-41,42-28-16-9-17-29-42)50-51(61-53(4,5)60-50)55(64-56,43-30-18-10-19-31-43)44-32-20-11-21-33-44/h8-40,50-51H,1-7H3/t50-,51-/m1/s1. The highest BCUT2D eigenvalue weighted by atomic mass is 31.1. The number of fused-ring (bicyclic) bond motifs is 1. The van der Waals surface area contributed by atoms with Crippen LogP contribution in [0.3, 0.4) is 0 Å². The Balaban J connectivity index is 1.38. The Bertz CT molecular complexity index is 2570. The first-order valence-electron chi connectivity index (χ1n) is 22.6. The minimum Gasteiger partial charge on any atom is -0.588 e. The molecule has 0 radical (unpaired) electrons. The Hall–Kier alpha value is -5.31. The van der Waals surface area contributed by atoms with Gasteiger partial charge in [-0.2, -0.15) is 0 Å². The van der Waals surface area contributed by atoms with E-state index in [1.165, 1.54) is 0 Å². The van der Waals surface area contributed by atoms with Crippen molar-refractivity contribution in [2.45, 2.75) is 87.7 Å². The first-order chi connectivity index (χ1) is 32.1. The lowest BCUT2D eigenvalue weighted by Crippen LogP contribution is -2.53. The predicted octanol–water partition coefficient (Wildman–Crippen LogP) is 11.4. The van der Waals surface area contributed by atoms with Crippen LogP contribution in [0.25, 0.3) is 0 Å². The van der Waals surface area contributed by atoms with Gasteiger partial charge in [0, 0.05) is 5.30 Å². The first-order valence-corrected chi connectivity index (χ1v) is 28.1. The zero-order valence-corrected chi connectivity index (χ0v) is 41.7. The minimum absolute atomic E-state index is 0.105. The molecule has 7 aromatic rings. The molecule has 0 amide bonds. The summed E-state index contributed by atoms with van der Waals surface area (Å²) in [6.45, 7) is 14.7. The van der Waals surface area contributed by atoms with Gasteiger partial charge < -0.3 is 23.5 Å². The van der Waals surface area contributed by atoms with Crippen LogP contribution < -0.4 is 30.0 Å². The van der Waals surface area contributed by atoms with Gasteiger partial charge in [-0.15, -0.1) is 0 Å². The van der Waals surface area contributed by atoms with Crippen LogP contribution >= 0.6 is 15.9 Å². The van der Waals surface area contributed by atoms with Crippen molar-refractivity contribution in [2.24, 2.45) is 0 Å². The summed E-state index contributed by atoms with van der Waals surface area (Å²) in [5.74, 6) is -0.304. The smallest absolute Gasteiger partial charge is 0.542 e. The average molecular weight is 947 g/mol. The SMILES string of the molecule is CC1(C)O[C@@H]2[C@@H](O1)C(c1ccccc1)(c1ccccc1)OC(Oc1ccc(O[Si](C)(C)C(C)(C)C)cc1P(c1ccccc1)c1ccccc1)([P+](=O)[O-])OC2(c1ccccc1)c1ccccc1. The normalized spacial score (nSPS) is 19.7. The van der Waals surface area contributed by atoms with Gasteiger partial charge in [0.15, 0.2) is 17.0 Å². The summed E-state index contributed by atoms with van der Waals surface area (Å²) in [5.41, 5.74) is -3.92. The van der Waals surface area contributed by atoms with Crippen molar-refractivity contribution in [3.05, 3.63) is 222 Å². The van der Waals surface area contributed by atoms with Crippen LogP contribution in [-0.4, -0.2) is 32.0 Å². The molecule has 1 unspecified atom stereocenters. The molecule has 7 aromatic carbocycles. The van der Waals surface area contributed by atoms with E-state index in [0.29, 0.717) is 33.3 Å². The van der Waals surface area contributed by atoms with Crippen molar-refractivity contribution < 1.29 is 37.6 Å². The molecular formula is C56H56O8P2Si. The molecular weight excluding hydrogens is 891 g/mol. The number of benzene rings is 7. The van der Waals surface area contributed by atoms with Gasteiger partial charge in [0.25, 0.3) is 0 Å². The van der Waals surface area contributed by atoms with E-state index in [4.69, 9.17) is 28.1 Å². The van der Waals surface area contributed by atoms with E-state index in [1.54, 1.807) is 6.07 Å². The highest BCUT2D eigenvalue weighted by Crippen LogP contribution is 2.61. The maximum absolute atomic E-state index is 15.1. The lowest BCUT2D eigenvalue weighted by atomic mass is 9.72. The van der Waals surface area contributed by atoms with Crippen LogP contribution in [0.5, 0.6) is 11.5 Å². The summed E-state index contributed by atoms with van der Waals surface area (Å²) in [6, 6.07) is 64.3. The monoisotopic (exact) mass is 946 g/mol. The van der Waals surface area contributed by atoms with Gasteiger partial charge in [0.1, 0.15) is 23.7 Å². The first kappa shape index (κ1) is 46.8. The van der Waals surface area contributed by atoms with Gasteiger partial charge in [0.2, 0.25) is 8.32 Å². The predicted molar refractivity (Wildman–Crippen MR) is 267 cm³/mol. The van der Waals surface area contributed by atoms with E-state index in [2.05, 4.69) is 58.1 Å². The third kappa shape index (κ3) is 8.74. The summed E-state index contributed by atoms with van der Waals surface area (Å²) in [4.78, 5) is 15.1. The summed E-state index contributed by atoms with van der Waals surface area (Å²) in [6.07, 6.45) is -2.09. The number of hydrogen-bond acceptors (Lipinski definition) is 8. The molecule has 0 aromatic heterocycles. The van der Waals surface area contributed by atoms with E-state index in [9.17, 15) is 0 Å². The molecule has 0 spiro atoms. The van der Waals surface area contributed by atoms with Gasteiger partial charge in [0.05, 0.1) is 0 Å². The number of hydrogen-bond donors (Lipinski definition) is 0. The van der Waals surface area contributed by atoms with Gasteiger partial charge >= 0.3 is 13.7 Å². The Morgan fingerprint density at radius 3 is 1.27 bits per heavy atom. The number of ether oxygens (including phenoxy) is 5. The number of rotatable bonds is 12. The van der Waals surface area contributed by atoms with Crippen LogP contribution in [0.2, 0.25) is 18.1 Å². The second-order valence-corrected chi connectivity index (χ2v) is 27.0. The zero-order valence-electron chi connectivity index (χ0n) is 38.9. The lowest BCUT2D eigenvalue weighted by molar-refractivity contribution is -0.373. The molecule has 2 heterocycles. The van der Waals surface area contributed by atoms with Crippen LogP contribution in [0.15, 0.2) is 200 Å². The quantitative estimate of drug-likeness (QED) is 0.0883. The van der Waals surface area contributed by atoms with Gasteiger partial charge in [-0.25, -0.2) is 0 Å². The molecule has 3 atom stereocenters. The summed E-state index contributed by atoms with van der Waals surface area (Å²) in [5, 5.41) is 2.64. The Morgan fingerprint density at radius 1 is 0.567 bits per heavy atom. The molecule has 2 fully saturated rings. The summed E-state index contributed by atoms with van der Waals surface area (Å²) >= 11 is 0. The minimum atomic E-state index is -3.85. The van der Waals surface area contributed by atoms with Crippen LogP contribution in [0.1, 0.15) is 56.9 Å². The molecule has 0 aliphatic carbocycles. The van der Waals surface area contributed by atoms with Crippen molar-refractivity contribution in [1.82, 2.24) is 0 Å². The molecule has 0 N–H and O–H groups in total. The molecule has 11 heteroatoms. The van der Waals surface area contributed by atoms with E-state index < -0.39 is 59.2 Å². The molecule has 2 saturated heterocycles. The average Bonchev–Trinajstić information content (AvgIpc) is 3.62. The van der Waals surface area contributed by atoms with Gasteiger partial charge in [-0.1, -0.05) is 207 Å². The topological polar surface area (TPSA) is 95.5 Å². The third-order valence-corrected chi connectivity index (χ3v) is 20.7. The second kappa shape index (κ2) is 18.3. The highest BCUT2D eigenvalue weighted by molar-refractivity contribution is 7.80. The second-order valence-electron chi connectivity index (χ2n) is 19.0. The fourth-order valence-corrected chi connectivity index (χ4v) is 13.0. The molecule has 67 heavy (non-hydrogen) atoms. The Kier molecular flexibility index (Phi) is 12.8. The van der Waals surface area contributed by atoms with E-state index >= 15 is 9.46 Å². The van der Waals surface area contributed by atoms with Crippen molar-refractivity contribution >= 4 is 40.2 Å². The fraction of sp³-hybridized carbons (Fsp3) is 0.250. The van der Waals surface area contributed by atoms with Crippen molar-refractivity contribution in [3.8, 4) is 11.5 Å². The molecule has 2 aliphatic heterocycles. The summed E-state index contributed by atoms with van der Waals surface area (Å²) in [7, 11) is -7.65. The van der Waals surface area contributed by atoms with E-state index in [1.807, 2.05) is 184 Å². The van der Waals surface area contributed by atoms with Crippen molar-refractivity contribution in [2.75, 3.05) is 0 Å². The van der Waals surface area contributed by atoms with Crippen LogP contribution in [-0.2, 0) is 34.7 Å². The Morgan fingerprint density at radius 2 is 0.925 bits per heavy atom.